The summed E-state index contributed by atoms with van der Waals surface area (Å²) in [6, 6.07) is 8.25. The Morgan fingerprint density at radius 2 is 1.68 bits per heavy atom. The van der Waals surface area contributed by atoms with E-state index in [2.05, 4.69) is 6.07 Å². The van der Waals surface area contributed by atoms with Crippen LogP contribution >= 0.6 is 0 Å². The Hall–Kier alpha value is -1.60. The molecular weight excluding hydrogens is 338 g/mol. The van der Waals surface area contributed by atoms with Crippen molar-refractivity contribution < 1.29 is 13.2 Å². The third-order valence-electron chi connectivity index (χ3n) is 5.98. The van der Waals surface area contributed by atoms with Gasteiger partial charge in [-0.25, -0.2) is 17.5 Å². The van der Waals surface area contributed by atoms with Gasteiger partial charge in [-0.15, -0.1) is 0 Å². The zero-order chi connectivity index (χ0) is 17.7. The van der Waals surface area contributed by atoms with Crippen molar-refractivity contribution >= 4 is 21.7 Å². The molecule has 0 aromatic heterocycles. The maximum Gasteiger partial charge on any atom is 0.324 e. The monoisotopic (exact) mass is 363 g/mol. The van der Waals surface area contributed by atoms with E-state index in [0.29, 0.717) is 19.6 Å². The molecule has 0 bridgehead atoms. The molecule has 3 aliphatic rings. The third-order valence-corrected chi connectivity index (χ3v) is 7.29. The molecule has 0 aliphatic carbocycles. The van der Waals surface area contributed by atoms with E-state index in [4.69, 9.17) is 0 Å². The molecule has 3 aliphatic heterocycles. The SMILES string of the molecule is CS(=O)(=O)N1CCC2(CC1)CN(C(=O)N1CCCC1)c1ccccc12. The molecule has 0 atom stereocenters. The Labute approximate surface area is 149 Å². The van der Waals surface area contributed by atoms with E-state index in [1.807, 2.05) is 28.0 Å². The molecule has 0 unspecified atom stereocenters. The lowest BCUT2D eigenvalue weighted by molar-refractivity contribution is 0.209. The molecule has 25 heavy (non-hydrogen) atoms. The van der Waals surface area contributed by atoms with Gasteiger partial charge in [-0.05, 0) is 37.3 Å². The third kappa shape index (κ3) is 2.83. The van der Waals surface area contributed by atoms with Crippen molar-refractivity contribution in [3.8, 4) is 0 Å². The van der Waals surface area contributed by atoms with Crippen LogP contribution in [0, 0.1) is 0 Å². The molecule has 4 rings (SSSR count). The number of amides is 2. The molecule has 2 fully saturated rings. The molecule has 1 aromatic carbocycles. The van der Waals surface area contributed by atoms with Crippen molar-refractivity contribution in [2.24, 2.45) is 0 Å². The van der Waals surface area contributed by atoms with Crippen LogP contribution in [0.4, 0.5) is 10.5 Å². The first-order valence-corrected chi connectivity index (χ1v) is 10.9. The van der Waals surface area contributed by atoms with Gasteiger partial charge in [0.15, 0.2) is 0 Å². The van der Waals surface area contributed by atoms with E-state index in [1.54, 1.807) is 4.31 Å². The molecule has 1 spiro atoms. The van der Waals surface area contributed by atoms with Crippen LogP contribution in [0.5, 0.6) is 0 Å². The van der Waals surface area contributed by atoms with E-state index in [9.17, 15) is 13.2 Å². The molecule has 1 aromatic rings. The number of hydrogen-bond donors (Lipinski definition) is 0. The first kappa shape index (κ1) is 16.8. The molecule has 2 amide bonds. The minimum Gasteiger partial charge on any atom is -0.324 e. The lowest BCUT2D eigenvalue weighted by Gasteiger charge is -2.39. The zero-order valence-corrected chi connectivity index (χ0v) is 15.5. The summed E-state index contributed by atoms with van der Waals surface area (Å²) in [7, 11) is -3.15. The first-order valence-electron chi connectivity index (χ1n) is 9.02. The van der Waals surface area contributed by atoms with Crippen LogP contribution in [0.15, 0.2) is 24.3 Å². The second-order valence-corrected chi connectivity index (χ2v) is 9.50. The van der Waals surface area contributed by atoms with E-state index < -0.39 is 10.0 Å². The number of nitrogens with zero attached hydrogens (tertiary/aromatic N) is 3. The lowest BCUT2D eigenvalue weighted by Crippen LogP contribution is -2.49. The summed E-state index contributed by atoms with van der Waals surface area (Å²) in [5.74, 6) is 0. The number of carbonyl (C=O) groups excluding carboxylic acids is 1. The number of benzene rings is 1. The van der Waals surface area contributed by atoms with Gasteiger partial charge in [0.1, 0.15) is 0 Å². The number of anilines is 1. The average molecular weight is 363 g/mol. The summed E-state index contributed by atoms with van der Waals surface area (Å²) >= 11 is 0. The van der Waals surface area contributed by atoms with Crippen LogP contribution < -0.4 is 4.90 Å². The quantitative estimate of drug-likeness (QED) is 0.767. The van der Waals surface area contributed by atoms with Crippen molar-refractivity contribution in [2.45, 2.75) is 31.1 Å². The number of hydrogen-bond acceptors (Lipinski definition) is 3. The lowest BCUT2D eigenvalue weighted by atomic mass is 9.75. The number of likely N-dealkylation sites (tertiary alicyclic amines) is 1. The van der Waals surface area contributed by atoms with Crippen molar-refractivity contribution in [3.63, 3.8) is 0 Å². The van der Waals surface area contributed by atoms with Gasteiger partial charge >= 0.3 is 6.03 Å². The van der Waals surface area contributed by atoms with Crippen molar-refractivity contribution in [1.82, 2.24) is 9.21 Å². The number of carbonyl (C=O) groups is 1. The van der Waals surface area contributed by atoms with Gasteiger partial charge in [-0.3, -0.25) is 4.90 Å². The van der Waals surface area contributed by atoms with Crippen LogP contribution in [0.25, 0.3) is 0 Å². The van der Waals surface area contributed by atoms with Crippen molar-refractivity contribution in [3.05, 3.63) is 29.8 Å². The minimum atomic E-state index is -3.15. The Morgan fingerprint density at radius 1 is 1.04 bits per heavy atom. The summed E-state index contributed by atoms with van der Waals surface area (Å²) in [5.41, 5.74) is 2.09. The minimum absolute atomic E-state index is 0.104. The molecule has 3 heterocycles. The van der Waals surface area contributed by atoms with Crippen LogP contribution in [-0.4, -0.2) is 62.6 Å². The second kappa shape index (κ2) is 5.99. The number of sulfonamides is 1. The number of fused-ring (bicyclic) bond motifs is 2. The summed E-state index contributed by atoms with van der Waals surface area (Å²) < 4.78 is 25.2. The second-order valence-electron chi connectivity index (χ2n) is 7.52. The highest BCUT2D eigenvalue weighted by molar-refractivity contribution is 7.88. The van der Waals surface area contributed by atoms with E-state index in [1.165, 1.54) is 11.8 Å². The highest BCUT2D eigenvalue weighted by Gasteiger charge is 2.47. The van der Waals surface area contributed by atoms with Gasteiger partial charge in [0.25, 0.3) is 0 Å². The number of para-hydroxylation sites is 1. The summed E-state index contributed by atoms with van der Waals surface area (Å²) in [6.07, 6.45) is 4.96. The molecule has 2 saturated heterocycles. The predicted molar refractivity (Wildman–Crippen MR) is 97.3 cm³/mol. The van der Waals surface area contributed by atoms with Gasteiger partial charge in [0, 0.05) is 43.8 Å². The molecule has 0 radical (unpaired) electrons. The van der Waals surface area contributed by atoms with E-state index >= 15 is 0 Å². The molecule has 0 N–H and O–H groups in total. The molecular formula is C18H25N3O3S. The van der Waals surface area contributed by atoms with Gasteiger partial charge in [0.05, 0.1) is 6.26 Å². The fourth-order valence-corrected chi connectivity index (χ4v) is 5.40. The van der Waals surface area contributed by atoms with Gasteiger partial charge < -0.3 is 4.90 Å². The maximum absolute atomic E-state index is 13.0. The molecule has 7 heteroatoms. The van der Waals surface area contributed by atoms with Crippen LogP contribution in [-0.2, 0) is 15.4 Å². The fraction of sp³-hybridized carbons (Fsp3) is 0.611. The highest BCUT2D eigenvalue weighted by Crippen LogP contribution is 2.47. The molecule has 6 nitrogen and oxygen atoms in total. The predicted octanol–water partition coefficient (Wildman–Crippen LogP) is 2.02. The van der Waals surface area contributed by atoms with Crippen molar-refractivity contribution in [2.75, 3.05) is 43.9 Å². The average Bonchev–Trinajstić information content (AvgIpc) is 3.22. The molecule has 136 valence electrons. The standard InChI is InChI=1S/C18H25N3O3S/c1-25(23,24)20-12-8-18(9-13-20)14-21(16-7-3-2-6-15(16)18)17(22)19-10-4-5-11-19/h2-3,6-7H,4-5,8-14H2,1H3. The summed E-state index contributed by atoms with van der Waals surface area (Å²) in [5, 5.41) is 0. The topological polar surface area (TPSA) is 60.9 Å². The molecule has 0 saturated carbocycles. The Bertz CT molecular complexity index is 779. The Morgan fingerprint density at radius 3 is 2.32 bits per heavy atom. The van der Waals surface area contributed by atoms with Crippen LogP contribution in [0.1, 0.15) is 31.2 Å². The van der Waals surface area contributed by atoms with Crippen molar-refractivity contribution in [1.29, 1.82) is 0 Å². The van der Waals surface area contributed by atoms with Crippen LogP contribution in [0.2, 0.25) is 0 Å². The van der Waals surface area contributed by atoms with E-state index in [0.717, 1.165) is 44.5 Å². The number of piperidine rings is 1. The van der Waals surface area contributed by atoms with Gasteiger partial charge in [0.2, 0.25) is 10.0 Å². The number of rotatable bonds is 1. The highest BCUT2D eigenvalue weighted by atomic mass is 32.2. The van der Waals surface area contributed by atoms with Crippen LogP contribution in [0.3, 0.4) is 0 Å². The zero-order valence-electron chi connectivity index (χ0n) is 14.6. The number of urea groups is 1. The maximum atomic E-state index is 13.0. The smallest absolute Gasteiger partial charge is 0.324 e. The normalized spacial score (nSPS) is 23.2. The summed E-state index contributed by atoms with van der Waals surface area (Å²) in [6.45, 7) is 3.40. The Balaban J connectivity index is 1.62. The fourth-order valence-electron chi connectivity index (χ4n) is 4.55. The van der Waals surface area contributed by atoms with Gasteiger partial charge in [-0.2, -0.15) is 0 Å². The van der Waals surface area contributed by atoms with E-state index in [-0.39, 0.29) is 11.4 Å². The van der Waals surface area contributed by atoms with Gasteiger partial charge in [-0.1, -0.05) is 18.2 Å². The first-order chi connectivity index (χ1) is 11.9. The Kier molecular flexibility index (Phi) is 4.03. The largest absolute Gasteiger partial charge is 0.324 e. The summed E-state index contributed by atoms with van der Waals surface area (Å²) in [4.78, 5) is 16.9.